The summed E-state index contributed by atoms with van der Waals surface area (Å²) in [7, 11) is 0. The second kappa shape index (κ2) is 5.28. The lowest BCUT2D eigenvalue weighted by atomic mass is 10.0. The molecule has 0 bridgehead atoms. The minimum Gasteiger partial charge on any atom is -0.0835 e. The Morgan fingerprint density at radius 3 is 2.33 bits per heavy atom. The molecule has 0 N–H and O–H groups in total. The van der Waals surface area contributed by atoms with Crippen LogP contribution < -0.4 is 0 Å². The molecule has 9 heavy (non-hydrogen) atoms. The van der Waals surface area contributed by atoms with Crippen LogP contribution in [0.1, 0.15) is 40.0 Å². The molecule has 0 rings (SSSR count). The molecule has 1 radical (unpaired) electrons. The minimum atomic E-state index is 0.764. The fourth-order valence-corrected chi connectivity index (χ4v) is 1.17. The van der Waals surface area contributed by atoms with E-state index in [0.717, 1.165) is 5.92 Å². The molecule has 0 aromatic carbocycles. The van der Waals surface area contributed by atoms with Crippen molar-refractivity contribution < 1.29 is 0 Å². The Morgan fingerprint density at radius 2 is 2.00 bits per heavy atom. The summed E-state index contributed by atoms with van der Waals surface area (Å²) in [5.74, 6) is 0.764. The van der Waals surface area contributed by atoms with Crippen LogP contribution in [-0.4, -0.2) is 0 Å². The van der Waals surface area contributed by atoms with E-state index in [0.29, 0.717) is 0 Å². The molecule has 0 spiro atoms. The van der Waals surface area contributed by atoms with Gasteiger partial charge in [0.15, 0.2) is 0 Å². The molecule has 0 saturated heterocycles. The van der Waals surface area contributed by atoms with E-state index in [1.807, 2.05) is 0 Å². The Labute approximate surface area is 67.2 Å². The molecule has 0 aliphatic rings. The summed E-state index contributed by atoms with van der Waals surface area (Å²) in [6.45, 7) is 6.69. The van der Waals surface area contributed by atoms with Crippen molar-refractivity contribution in [3.63, 3.8) is 0 Å². The van der Waals surface area contributed by atoms with Gasteiger partial charge in [0, 0.05) is 4.83 Å². The Morgan fingerprint density at radius 1 is 1.44 bits per heavy atom. The molecule has 0 nitrogen and oxygen atoms in total. The molecular formula is C8H16Br. The minimum absolute atomic E-state index is 0.764. The van der Waals surface area contributed by atoms with Crippen molar-refractivity contribution >= 4 is 15.9 Å². The van der Waals surface area contributed by atoms with Crippen LogP contribution in [-0.2, 0) is 0 Å². The largest absolute Gasteiger partial charge is 0.0835 e. The normalized spacial score (nSPS) is 14.3. The van der Waals surface area contributed by atoms with Crippen molar-refractivity contribution in [3.8, 4) is 0 Å². The lowest BCUT2D eigenvalue weighted by molar-refractivity contribution is 0.567. The molecular weight excluding hydrogens is 176 g/mol. The topological polar surface area (TPSA) is 0 Å². The lowest BCUT2D eigenvalue weighted by Gasteiger charge is -2.13. The third kappa shape index (κ3) is 3.96. The zero-order valence-electron chi connectivity index (χ0n) is 6.58. The molecule has 0 aromatic rings. The summed E-state index contributed by atoms with van der Waals surface area (Å²) in [5, 5.41) is 0. The third-order valence-corrected chi connectivity index (χ3v) is 2.94. The zero-order valence-corrected chi connectivity index (χ0v) is 8.16. The summed E-state index contributed by atoms with van der Waals surface area (Å²) < 4.78 is 0. The van der Waals surface area contributed by atoms with E-state index < -0.39 is 0 Å². The van der Waals surface area contributed by atoms with Crippen LogP contribution in [0.3, 0.4) is 0 Å². The van der Waals surface area contributed by atoms with Crippen LogP contribution in [0.2, 0.25) is 0 Å². The fourth-order valence-electron chi connectivity index (χ4n) is 0.938. The van der Waals surface area contributed by atoms with E-state index in [1.165, 1.54) is 24.1 Å². The average Bonchev–Trinajstić information content (AvgIpc) is 1.87. The van der Waals surface area contributed by atoms with E-state index in [1.54, 1.807) is 0 Å². The number of hydrogen-bond donors (Lipinski definition) is 0. The van der Waals surface area contributed by atoms with E-state index in [9.17, 15) is 0 Å². The Balaban J connectivity index is 3.32. The van der Waals surface area contributed by atoms with E-state index in [-0.39, 0.29) is 0 Å². The van der Waals surface area contributed by atoms with Crippen molar-refractivity contribution in [2.75, 3.05) is 0 Å². The van der Waals surface area contributed by atoms with E-state index in [4.69, 9.17) is 0 Å². The van der Waals surface area contributed by atoms with Crippen LogP contribution >= 0.6 is 15.9 Å². The van der Waals surface area contributed by atoms with E-state index >= 15 is 0 Å². The van der Waals surface area contributed by atoms with Gasteiger partial charge in [-0.3, -0.25) is 0 Å². The summed E-state index contributed by atoms with van der Waals surface area (Å²) >= 11 is 3.56. The van der Waals surface area contributed by atoms with Gasteiger partial charge >= 0.3 is 0 Å². The maximum Gasteiger partial charge on any atom is 0.0436 e. The molecule has 0 saturated carbocycles. The van der Waals surface area contributed by atoms with Gasteiger partial charge in [-0.25, -0.2) is 0 Å². The van der Waals surface area contributed by atoms with Gasteiger partial charge in [0.25, 0.3) is 0 Å². The van der Waals surface area contributed by atoms with Crippen LogP contribution in [0.4, 0.5) is 0 Å². The second-order valence-corrected chi connectivity index (χ2v) is 3.51. The highest BCUT2D eigenvalue weighted by atomic mass is 79.9. The van der Waals surface area contributed by atoms with Gasteiger partial charge in [0.1, 0.15) is 0 Å². The zero-order chi connectivity index (χ0) is 7.28. The first-order chi connectivity index (χ1) is 4.22. The van der Waals surface area contributed by atoms with Crippen LogP contribution in [0.5, 0.6) is 0 Å². The Bertz CT molecular complexity index is 61.6. The Hall–Kier alpha value is 0.480. The van der Waals surface area contributed by atoms with Crippen LogP contribution in [0, 0.1) is 10.7 Å². The highest BCUT2D eigenvalue weighted by Gasteiger charge is 2.10. The summed E-state index contributed by atoms with van der Waals surface area (Å²) in [6, 6.07) is 0. The first kappa shape index (κ1) is 9.48. The molecule has 55 valence electrons. The number of halogens is 1. The number of rotatable bonds is 4. The summed E-state index contributed by atoms with van der Waals surface area (Å²) in [4.78, 5) is 1.46. The standard InChI is InChI=1S/C8H16Br/c1-4-6-7(3)8(9)5-2/h7H,4-6H2,1-3H3. The van der Waals surface area contributed by atoms with Gasteiger partial charge < -0.3 is 0 Å². The molecule has 1 heteroatoms. The van der Waals surface area contributed by atoms with Crippen LogP contribution in [0.15, 0.2) is 0 Å². The quantitative estimate of drug-likeness (QED) is 0.636. The predicted molar refractivity (Wildman–Crippen MR) is 46.5 cm³/mol. The molecule has 0 amide bonds. The van der Waals surface area contributed by atoms with E-state index in [2.05, 4.69) is 36.7 Å². The summed E-state index contributed by atoms with van der Waals surface area (Å²) in [5.41, 5.74) is 0. The van der Waals surface area contributed by atoms with Gasteiger partial charge in [-0.05, 0) is 18.8 Å². The molecule has 0 aliphatic heterocycles. The Kier molecular flexibility index (Phi) is 5.56. The highest BCUT2D eigenvalue weighted by molar-refractivity contribution is 9.11. The van der Waals surface area contributed by atoms with Crippen molar-refractivity contribution in [2.45, 2.75) is 40.0 Å². The molecule has 0 aromatic heterocycles. The average molecular weight is 192 g/mol. The molecule has 0 fully saturated rings. The third-order valence-electron chi connectivity index (χ3n) is 1.59. The SMILES string of the molecule is CCCC(C)[C](Br)CC. The van der Waals surface area contributed by atoms with Crippen molar-refractivity contribution in [2.24, 2.45) is 5.92 Å². The van der Waals surface area contributed by atoms with Crippen molar-refractivity contribution in [1.29, 1.82) is 0 Å². The monoisotopic (exact) mass is 191 g/mol. The maximum atomic E-state index is 3.56. The molecule has 1 unspecified atom stereocenters. The van der Waals surface area contributed by atoms with Gasteiger partial charge in [-0.15, -0.1) is 0 Å². The van der Waals surface area contributed by atoms with Gasteiger partial charge in [0.05, 0.1) is 0 Å². The van der Waals surface area contributed by atoms with Gasteiger partial charge in [-0.1, -0.05) is 43.1 Å². The smallest absolute Gasteiger partial charge is 0.0436 e. The molecule has 0 heterocycles. The van der Waals surface area contributed by atoms with Crippen molar-refractivity contribution in [3.05, 3.63) is 4.83 Å². The van der Waals surface area contributed by atoms with Crippen molar-refractivity contribution in [1.82, 2.24) is 0 Å². The first-order valence-electron chi connectivity index (χ1n) is 3.73. The second-order valence-electron chi connectivity index (χ2n) is 2.49. The molecule has 1 atom stereocenters. The van der Waals surface area contributed by atoms with Gasteiger partial charge in [-0.2, -0.15) is 0 Å². The maximum absolute atomic E-state index is 3.56. The fraction of sp³-hybridized carbons (Fsp3) is 0.875. The van der Waals surface area contributed by atoms with Crippen LogP contribution in [0.25, 0.3) is 0 Å². The van der Waals surface area contributed by atoms with Gasteiger partial charge in [0.2, 0.25) is 0 Å². The lowest BCUT2D eigenvalue weighted by Crippen LogP contribution is -2.00. The highest BCUT2D eigenvalue weighted by Crippen LogP contribution is 2.27. The molecule has 0 aliphatic carbocycles. The predicted octanol–water partition coefficient (Wildman–Crippen LogP) is 3.76. The first-order valence-corrected chi connectivity index (χ1v) is 4.52. The summed E-state index contributed by atoms with van der Waals surface area (Å²) in [6.07, 6.45) is 3.77. The number of hydrogen-bond acceptors (Lipinski definition) is 0.